The van der Waals surface area contributed by atoms with Crippen LogP contribution < -0.4 is 5.32 Å². The van der Waals surface area contributed by atoms with Crippen molar-refractivity contribution in [2.24, 2.45) is 5.92 Å². The van der Waals surface area contributed by atoms with E-state index in [-0.39, 0.29) is 5.91 Å². The highest BCUT2D eigenvalue weighted by molar-refractivity contribution is 7.13. The molecule has 1 aliphatic rings. The second-order valence-corrected chi connectivity index (χ2v) is 6.76. The highest BCUT2D eigenvalue weighted by atomic mass is 32.1. The van der Waals surface area contributed by atoms with Gasteiger partial charge in [0.05, 0.1) is 18.9 Å². The Morgan fingerprint density at radius 1 is 1.39 bits per heavy atom. The van der Waals surface area contributed by atoms with Gasteiger partial charge < -0.3 is 10.1 Å². The van der Waals surface area contributed by atoms with Crippen LogP contribution in [-0.2, 0) is 17.7 Å². The number of carbonyl (C=O) groups excluding carboxylic acids is 1. The summed E-state index contributed by atoms with van der Waals surface area (Å²) in [6.45, 7) is 4.87. The van der Waals surface area contributed by atoms with E-state index in [0.717, 1.165) is 49.7 Å². The van der Waals surface area contributed by atoms with Crippen LogP contribution >= 0.6 is 11.3 Å². The predicted molar refractivity (Wildman–Crippen MR) is 84.2 cm³/mol. The number of aryl methyl sites for hydroxylation is 3. The van der Waals surface area contributed by atoms with Crippen molar-refractivity contribution >= 4 is 17.2 Å². The van der Waals surface area contributed by atoms with Crippen LogP contribution in [-0.4, -0.2) is 50.9 Å². The standard InChI is InChI=1S/C14H20N6O2S/c1-10-7-20(19-16-10)5-3-2-4-12-17-18-14(23-12)13(21)15-6-11-8-22-9-11/h7,11H,2-6,8-9H2,1H3,(H,15,21). The fourth-order valence-corrected chi connectivity index (χ4v) is 3.01. The Labute approximate surface area is 138 Å². The highest BCUT2D eigenvalue weighted by Crippen LogP contribution is 2.14. The average molecular weight is 336 g/mol. The van der Waals surface area contributed by atoms with Crippen LogP contribution in [0, 0.1) is 12.8 Å². The molecule has 9 heteroatoms. The molecule has 23 heavy (non-hydrogen) atoms. The second-order valence-electron chi connectivity index (χ2n) is 5.69. The molecule has 1 fully saturated rings. The molecule has 0 unspecified atom stereocenters. The summed E-state index contributed by atoms with van der Waals surface area (Å²) in [5.41, 5.74) is 0.929. The smallest absolute Gasteiger partial charge is 0.282 e. The molecule has 0 aromatic carbocycles. The number of aromatic nitrogens is 5. The molecule has 8 nitrogen and oxygen atoms in total. The van der Waals surface area contributed by atoms with Crippen molar-refractivity contribution in [1.29, 1.82) is 0 Å². The topological polar surface area (TPSA) is 94.8 Å². The third-order valence-electron chi connectivity index (χ3n) is 3.60. The van der Waals surface area contributed by atoms with E-state index in [4.69, 9.17) is 4.74 Å². The maximum Gasteiger partial charge on any atom is 0.282 e. The summed E-state index contributed by atoms with van der Waals surface area (Å²) in [6, 6.07) is 0. The molecule has 0 bridgehead atoms. The number of nitrogens with one attached hydrogen (secondary N) is 1. The zero-order chi connectivity index (χ0) is 16.1. The van der Waals surface area contributed by atoms with Gasteiger partial charge in [-0.05, 0) is 19.8 Å². The van der Waals surface area contributed by atoms with Crippen LogP contribution in [0.1, 0.15) is 33.3 Å². The van der Waals surface area contributed by atoms with Gasteiger partial charge in [0, 0.05) is 31.6 Å². The van der Waals surface area contributed by atoms with Gasteiger partial charge in [0.1, 0.15) is 5.01 Å². The molecule has 3 rings (SSSR count). The van der Waals surface area contributed by atoms with Crippen LogP contribution in [0.25, 0.3) is 0 Å². The summed E-state index contributed by atoms with van der Waals surface area (Å²) in [5, 5.41) is 20.3. The average Bonchev–Trinajstić information content (AvgIpc) is 3.11. The summed E-state index contributed by atoms with van der Waals surface area (Å²) in [4.78, 5) is 12.0. The summed E-state index contributed by atoms with van der Waals surface area (Å²) in [7, 11) is 0. The summed E-state index contributed by atoms with van der Waals surface area (Å²) in [6.07, 6.45) is 4.73. The summed E-state index contributed by atoms with van der Waals surface area (Å²) < 4.78 is 6.92. The number of hydrogen-bond donors (Lipinski definition) is 1. The van der Waals surface area contributed by atoms with E-state index in [1.165, 1.54) is 11.3 Å². The molecule has 1 N–H and O–H groups in total. The largest absolute Gasteiger partial charge is 0.381 e. The van der Waals surface area contributed by atoms with Gasteiger partial charge in [0.15, 0.2) is 0 Å². The molecule has 1 saturated heterocycles. The first-order valence-electron chi connectivity index (χ1n) is 7.76. The van der Waals surface area contributed by atoms with Gasteiger partial charge in [0.25, 0.3) is 5.91 Å². The molecule has 0 saturated carbocycles. The Morgan fingerprint density at radius 2 is 2.26 bits per heavy atom. The number of nitrogens with zero attached hydrogens (tertiary/aromatic N) is 5. The van der Waals surface area contributed by atoms with Gasteiger partial charge in [-0.2, -0.15) is 0 Å². The lowest BCUT2D eigenvalue weighted by molar-refractivity contribution is -0.0298. The molecule has 0 radical (unpaired) electrons. The van der Waals surface area contributed by atoms with E-state index in [9.17, 15) is 4.79 Å². The lowest BCUT2D eigenvalue weighted by atomic mass is 10.1. The first-order valence-corrected chi connectivity index (χ1v) is 8.57. The Bertz CT molecular complexity index is 651. The molecule has 2 aromatic rings. The van der Waals surface area contributed by atoms with E-state index in [1.807, 2.05) is 17.8 Å². The first-order chi connectivity index (χ1) is 11.2. The van der Waals surface area contributed by atoms with Crippen molar-refractivity contribution in [3.8, 4) is 0 Å². The van der Waals surface area contributed by atoms with Gasteiger partial charge >= 0.3 is 0 Å². The Kier molecular flexibility index (Phi) is 5.29. The van der Waals surface area contributed by atoms with Crippen molar-refractivity contribution in [1.82, 2.24) is 30.5 Å². The Hall–Kier alpha value is -1.87. The monoisotopic (exact) mass is 336 g/mol. The molecular weight excluding hydrogens is 316 g/mol. The van der Waals surface area contributed by atoms with Gasteiger partial charge in [-0.25, -0.2) is 0 Å². The summed E-state index contributed by atoms with van der Waals surface area (Å²) in [5.74, 6) is 0.297. The highest BCUT2D eigenvalue weighted by Gasteiger charge is 2.20. The molecule has 1 aliphatic heterocycles. The Balaban J connectivity index is 1.37. The van der Waals surface area contributed by atoms with Crippen molar-refractivity contribution in [2.75, 3.05) is 19.8 Å². The van der Waals surface area contributed by atoms with Crippen LogP contribution in [0.2, 0.25) is 0 Å². The number of ether oxygens (including phenoxy) is 1. The summed E-state index contributed by atoms with van der Waals surface area (Å²) >= 11 is 1.37. The number of hydrogen-bond acceptors (Lipinski definition) is 7. The fraction of sp³-hybridized carbons (Fsp3) is 0.643. The zero-order valence-corrected chi connectivity index (χ0v) is 13.9. The number of carbonyl (C=O) groups is 1. The van der Waals surface area contributed by atoms with Crippen molar-refractivity contribution in [2.45, 2.75) is 32.7 Å². The minimum absolute atomic E-state index is 0.140. The van der Waals surface area contributed by atoms with Gasteiger partial charge in [-0.15, -0.1) is 15.3 Å². The maximum atomic E-state index is 12.0. The lowest BCUT2D eigenvalue weighted by Crippen LogP contribution is -2.39. The quantitative estimate of drug-likeness (QED) is 0.718. The molecule has 1 amide bonds. The van der Waals surface area contributed by atoms with Crippen molar-refractivity contribution in [3.05, 3.63) is 21.9 Å². The van der Waals surface area contributed by atoms with Crippen molar-refractivity contribution in [3.63, 3.8) is 0 Å². The fourth-order valence-electron chi connectivity index (χ4n) is 2.22. The van der Waals surface area contributed by atoms with E-state index in [2.05, 4.69) is 25.8 Å². The third-order valence-corrected chi connectivity index (χ3v) is 4.58. The third kappa shape index (κ3) is 4.55. The zero-order valence-electron chi connectivity index (χ0n) is 13.1. The van der Waals surface area contributed by atoms with Crippen LogP contribution in [0.3, 0.4) is 0 Å². The SMILES string of the molecule is Cc1cn(CCCCc2nnc(C(=O)NCC3COC3)s2)nn1. The van der Waals surface area contributed by atoms with E-state index >= 15 is 0 Å². The number of unbranched alkanes of at least 4 members (excludes halogenated alkanes) is 1. The van der Waals surface area contributed by atoms with E-state index < -0.39 is 0 Å². The van der Waals surface area contributed by atoms with Crippen LogP contribution in [0.5, 0.6) is 0 Å². The lowest BCUT2D eigenvalue weighted by Gasteiger charge is -2.25. The van der Waals surface area contributed by atoms with E-state index in [1.54, 1.807) is 0 Å². The molecule has 3 heterocycles. The number of rotatable bonds is 8. The maximum absolute atomic E-state index is 12.0. The molecule has 2 aromatic heterocycles. The van der Waals surface area contributed by atoms with Gasteiger partial charge in [-0.1, -0.05) is 16.6 Å². The minimum Gasteiger partial charge on any atom is -0.381 e. The molecular formula is C14H20N6O2S. The molecule has 124 valence electrons. The molecule has 0 aliphatic carbocycles. The normalized spacial score (nSPS) is 14.7. The first kappa shape index (κ1) is 16.0. The predicted octanol–water partition coefficient (Wildman–Crippen LogP) is 0.837. The Morgan fingerprint density at radius 3 is 2.96 bits per heavy atom. The van der Waals surface area contributed by atoms with E-state index in [0.29, 0.717) is 17.5 Å². The number of amides is 1. The van der Waals surface area contributed by atoms with Crippen molar-refractivity contribution < 1.29 is 9.53 Å². The minimum atomic E-state index is -0.140. The van der Waals surface area contributed by atoms with Crippen LogP contribution in [0.15, 0.2) is 6.20 Å². The van der Waals surface area contributed by atoms with Gasteiger partial charge in [-0.3, -0.25) is 9.48 Å². The molecule has 0 atom stereocenters. The van der Waals surface area contributed by atoms with Gasteiger partial charge in [0.2, 0.25) is 5.01 Å². The second kappa shape index (κ2) is 7.60. The van der Waals surface area contributed by atoms with Crippen LogP contribution in [0.4, 0.5) is 0 Å². The molecule has 0 spiro atoms.